The van der Waals surface area contributed by atoms with Crippen LogP contribution < -0.4 is 15.4 Å². The third-order valence-corrected chi connectivity index (χ3v) is 3.19. The fraction of sp³-hybridized carbons (Fsp3) is 0.462. The van der Waals surface area contributed by atoms with Crippen LogP contribution in [-0.2, 0) is 0 Å². The predicted molar refractivity (Wildman–Crippen MR) is 67.1 cm³/mol. The standard InChI is InChI=1S/C13H17N3O/c1-17-13-3-2-10(9-14)8-12(13)16-6-4-11(15)5-7-16/h2-3,8,11H,4-7,15H2,1H3. The van der Waals surface area contributed by atoms with E-state index in [1.807, 2.05) is 12.1 Å². The highest BCUT2D eigenvalue weighted by Gasteiger charge is 2.19. The fourth-order valence-electron chi connectivity index (χ4n) is 2.15. The zero-order valence-electron chi connectivity index (χ0n) is 10.0. The van der Waals surface area contributed by atoms with Crippen molar-refractivity contribution in [1.82, 2.24) is 0 Å². The summed E-state index contributed by atoms with van der Waals surface area (Å²) in [5.41, 5.74) is 7.55. The fourth-order valence-corrected chi connectivity index (χ4v) is 2.15. The Balaban J connectivity index is 2.26. The Morgan fingerprint density at radius 1 is 1.41 bits per heavy atom. The first-order valence-corrected chi connectivity index (χ1v) is 5.83. The van der Waals surface area contributed by atoms with E-state index in [4.69, 9.17) is 15.7 Å². The lowest BCUT2D eigenvalue weighted by molar-refractivity contribution is 0.411. The van der Waals surface area contributed by atoms with Crippen LogP contribution in [0.1, 0.15) is 18.4 Å². The molecule has 1 saturated heterocycles. The van der Waals surface area contributed by atoms with Crippen LogP contribution in [0.4, 0.5) is 5.69 Å². The van der Waals surface area contributed by atoms with E-state index in [0.29, 0.717) is 11.6 Å². The highest BCUT2D eigenvalue weighted by Crippen LogP contribution is 2.31. The minimum atomic E-state index is 0.302. The van der Waals surface area contributed by atoms with Gasteiger partial charge in [0.15, 0.2) is 0 Å². The van der Waals surface area contributed by atoms with Gasteiger partial charge < -0.3 is 15.4 Å². The van der Waals surface area contributed by atoms with E-state index in [1.54, 1.807) is 13.2 Å². The number of rotatable bonds is 2. The van der Waals surface area contributed by atoms with Gasteiger partial charge in [-0.1, -0.05) is 0 Å². The molecule has 1 aromatic rings. The van der Waals surface area contributed by atoms with E-state index in [9.17, 15) is 0 Å². The Hall–Kier alpha value is -1.73. The van der Waals surface area contributed by atoms with Crippen LogP contribution in [0.25, 0.3) is 0 Å². The predicted octanol–water partition coefficient (Wildman–Crippen LogP) is 1.49. The number of methoxy groups -OCH3 is 1. The summed E-state index contributed by atoms with van der Waals surface area (Å²) in [7, 11) is 1.65. The van der Waals surface area contributed by atoms with Crippen molar-refractivity contribution in [3.8, 4) is 11.8 Å². The molecule has 0 spiro atoms. The van der Waals surface area contributed by atoms with Crippen LogP contribution in [0, 0.1) is 11.3 Å². The first-order valence-electron chi connectivity index (χ1n) is 5.83. The highest BCUT2D eigenvalue weighted by molar-refractivity contribution is 5.62. The molecule has 1 aliphatic heterocycles. The van der Waals surface area contributed by atoms with E-state index in [1.165, 1.54) is 0 Å². The minimum absolute atomic E-state index is 0.302. The largest absolute Gasteiger partial charge is 0.495 e. The number of nitrogens with zero attached hydrogens (tertiary/aromatic N) is 2. The molecule has 1 aliphatic rings. The molecule has 4 nitrogen and oxygen atoms in total. The van der Waals surface area contributed by atoms with Crippen molar-refractivity contribution in [2.24, 2.45) is 5.73 Å². The van der Waals surface area contributed by atoms with Gasteiger partial charge in [-0.2, -0.15) is 5.26 Å². The average Bonchev–Trinajstić information content (AvgIpc) is 2.39. The lowest BCUT2D eigenvalue weighted by Crippen LogP contribution is -2.39. The second-order valence-electron chi connectivity index (χ2n) is 4.32. The molecular formula is C13H17N3O. The van der Waals surface area contributed by atoms with Crippen molar-refractivity contribution >= 4 is 5.69 Å². The molecule has 0 aromatic heterocycles. The first-order chi connectivity index (χ1) is 8.24. The van der Waals surface area contributed by atoms with Crippen molar-refractivity contribution in [3.05, 3.63) is 23.8 Å². The van der Waals surface area contributed by atoms with Gasteiger partial charge in [0, 0.05) is 19.1 Å². The molecule has 0 amide bonds. The molecule has 0 atom stereocenters. The maximum Gasteiger partial charge on any atom is 0.142 e. The number of ether oxygens (including phenoxy) is 1. The van der Waals surface area contributed by atoms with Crippen LogP contribution in [0.3, 0.4) is 0 Å². The van der Waals surface area contributed by atoms with Gasteiger partial charge in [0.2, 0.25) is 0 Å². The van der Waals surface area contributed by atoms with Crippen molar-refractivity contribution in [3.63, 3.8) is 0 Å². The lowest BCUT2D eigenvalue weighted by atomic mass is 10.0. The van der Waals surface area contributed by atoms with Gasteiger partial charge in [-0.15, -0.1) is 0 Å². The molecule has 2 rings (SSSR count). The zero-order chi connectivity index (χ0) is 12.3. The molecule has 1 heterocycles. The van der Waals surface area contributed by atoms with Crippen molar-refractivity contribution < 1.29 is 4.74 Å². The molecular weight excluding hydrogens is 214 g/mol. The van der Waals surface area contributed by atoms with Crippen LogP contribution in [0.5, 0.6) is 5.75 Å². The molecule has 0 saturated carbocycles. The van der Waals surface area contributed by atoms with Gasteiger partial charge in [0.05, 0.1) is 24.4 Å². The van der Waals surface area contributed by atoms with Gasteiger partial charge in [-0.25, -0.2) is 0 Å². The van der Waals surface area contributed by atoms with Crippen molar-refractivity contribution in [2.45, 2.75) is 18.9 Å². The quantitative estimate of drug-likeness (QED) is 0.837. The molecule has 0 aliphatic carbocycles. The maximum atomic E-state index is 8.94. The normalized spacial score (nSPS) is 16.6. The Kier molecular flexibility index (Phi) is 3.50. The van der Waals surface area contributed by atoms with Crippen LogP contribution in [-0.4, -0.2) is 26.2 Å². The van der Waals surface area contributed by atoms with Gasteiger partial charge in [0.25, 0.3) is 0 Å². The van der Waals surface area contributed by atoms with Gasteiger partial charge in [-0.05, 0) is 31.0 Å². The van der Waals surface area contributed by atoms with E-state index in [0.717, 1.165) is 37.4 Å². The molecule has 0 unspecified atom stereocenters. The number of hydrogen-bond acceptors (Lipinski definition) is 4. The Bertz CT molecular complexity index is 431. The van der Waals surface area contributed by atoms with E-state index in [2.05, 4.69) is 11.0 Å². The molecule has 1 aromatic carbocycles. The molecule has 0 bridgehead atoms. The summed E-state index contributed by atoms with van der Waals surface area (Å²) in [6.45, 7) is 1.85. The topological polar surface area (TPSA) is 62.3 Å². The minimum Gasteiger partial charge on any atom is -0.495 e. The summed E-state index contributed by atoms with van der Waals surface area (Å²) >= 11 is 0. The lowest BCUT2D eigenvalue weighted by Gasteiger charge is -2.32. The third kappa shape index (κ3) is 2.51. The Morgan fingerprint density at radius 3 is 2.71 bits per heavy atom. The summed E-state index contributed by atoms with van der Waals surface area (Å²) in [5.74, 6) is 0.819. The smallest absolute Gasteiger partial charge is 0.142 e. The van der Waals surface area contributed by atoms with Crippen molar-refractivity contribution in [2.75, 3.05) is 25.1 Å². The molecule has 0 radical (unpaired) electrons. The molecule has 90 valence electrons. The second kappa shape index (κ2) is 5.07. The number of piperidine rings is 1. The van der Waals surface area contributed by atoms with Crippen LogP contribution in [0.15, 0.2) is 18.2 Å². The molecule has 1 fully saturated rings. The average molecular weight is 231 g/mol. The number of anilines is 1. The molecule has 2 N–H and O–H groups in total. The Labute approximate surface area is 102 Å². The van der Waals surface area contributed by atoms with Gasteiger partial charge >= 0.3 is 0 Å². The van der Waals surface area contributed by atoms with Crippen molar-refractivity contribution in [1.29, 1.82) is 5.26 Å². The summed E-state index contributed by atoms with van der Waals surface area (Å²) in [4.78, 5) is 2.24. The third-order valence-electron chi connectivity index (χ3n) is 3.19. The number of nitriles is 1. The maximum absolute atomic E-state index is 8.94. The summed E-state index contributed by atoms with van der Waals surface area (Å²) in [5, 5.41) is 8.94. The Morgan fingerprint density at radius 2 is 2.12 bits per heavy atom. The molecule has 17 heavy (non-hydrogen) atoms. The van der Waals surface area contributed by atoms with E-state index >= 15 is 0 Å². The summed E-state index contributed by atoms with van der Waals surface area (Å²) in [6.07, 6.45) is 1.97. The highest BCUT2D eigenvalue weighted by atomic mass is 16.5. The number of nitrogens with two attached hydrogens (primary N) is 1. The SMILES string of the molecule is COc1ccc(C#N)cc1N1CCC(N)CC1. The second-order valence-corrected chi connectivity index (χ2v) is 4.32. The van der Waals surface area contributed by atoms with Gasteiger partial charge in [0.1, 0.15) is 5.75 Å². The van der Waals surface area contributed by atoms with Gasteiger partial charge in [-0.3, -0.25) is 0 Å². The number of benzene rings is 1. The van der Waals surface area contributed by atoms with E-state index in [-0.39, 0.29) is 0 Å². The van der Waals surface area contributed by atoms with Crippen LogP contribution in [0.2, 0.25) is 0 Å². The zero-order valence-corrected chi connectivity index (χ0v) is 10.0. The summed E-state index contributed by atoms with van der Waals surface area (Å²) in [6, 6.07) is 7.97. The number of hydrogen-bond donors (Lipinski definition) is 1. The summed E-state index contributed by atoms with van der Waals surface area (Å²) < 4.78 is 5.34. The molecule has 4 heteroatoms. The monoisotopic (exact) mass is 231 g/mol. The van der Waals surface area contributed by atoms with E-state index < -0.39 is 0 Å². The first kappa shape index (κ1) is 11.7. The van der Waals surface area contributed by atoms with Crippen LogP contribution >= 0.6 is 0 Å².